The van der Waals surface area contributed by atoms with E-state index in [0.29, 0.717) is 35.5 Å². The van der Waals surface area contributed by atoms with Gasteiger partial charge in [0.2, 0.25) is 17.8 Å². The molecule has 0 aromatic carbocycles. The van der Waals surface area contributed by atoms with Gasteiger partial charge in [-0.25, -0.2) is 14.8 Å². The molecule has 0 spiro atoms. The smallest absolute Gasteiger partial charge is 0.410 e. The number of hydrogen-bond donors (Lipinski definition) is 3. The molecule has 10 nitrogen and oxygen atoms in total. The standard InChI is InChI=1S/C29H40FN7O3/c1-7-12-32-25-22(18-34-27(36-25)35-23-11-14-31-24(30)17-23)9-8-20-15-21(16-20)10-13-33-26(38)19(2)37(6)28(39)40-29(3,4)5/h11,14,17-21H,7,10,12-13,15-16H2,1-6H3,(H,33,38)(H2,31,32,34,35,36)/t19-,20?,21?/m0/s1. The molecule has 11 heteroatoms. The van der Waals surface area contributed by atoms with Gasteiger partial charge in [0.05, 0.1) is 11.8 Å². The van der Waals surface area contributed by atoms with Crippen LogP contribution in [-0.2, 0) is 9.53 Å². The van der Waals surface area contributed by atoms with E-state index in [1.54, 1.807) is 47.0 Å². The maximum absolute atomic E-state index is 13.4. The average Bonchev–Trinajstić information content (AvgIpc) is 2.86. The molecule has 40 heavy (non-hydrogen) atoms. The monoisotopic (exact) mass is 553 g/mol. The summed E-state index contributed by atoms with van der Waals surface area (Å²) in [6, 6.07) is 2.29. The topological polar surface area (TPSA) is 121 Å². The molecule has 3 rings (SSSR count). The van der Waals surface area contributed by atoms with Gasteiger partial charge in [0.1, 0.15) is 17.5 Å². The van der Waals surface area contributed by atoms with Crippen LogP contribution in [0.15, 0.2) is 24.5 Å². The van der Waals surface area contributed by atoms with Crippen LogP contribution in [0.4, 0.5) is 26.6 Å². The van der Waals surface area contributed by atoms with Crippen molar-refractivity contribution >= 4 is 29.5 Å². The summed E-state index contributed by atoms with van der Waals surface area (Å²) in [4.78, 5) is 38.4. The van der Waals surface area contributed by atoms with Crippen molar-refractivity contribution in [2.45, 2.75) is 71.9 Å². The molecule has 1 atom stereocenters. The highest BCUT2D eigenvalue weighted by atomic mass is 19.1. The fourth-order valence-electron chi connectivity index (χ4n) is 4.01. The van der Waals surface area contributed by atoms with E-state index in [9.17, 15) is 14.0 Å². The predicted molar refractivity (Wildman–Crippen MR) is 152 cm³/mol. The molecule has 2 aromatic rings. The molecule has 0 aliphatic heterocycles. The summed E-state index contributed by atoms with van der Waals surface area (Å²) in [6.45, 7) is 10.4. The molecule has 216 valence electrons. The Morgan fingerprint density at radius 1 is 1.25 bits per heavy atom. The number of halogens is 1. The summed E-state index contributed by atoms with van der Waals surface area (Å²) in [5, 5.41) is 9.21. The average molecular weight is 554 g/mol. The molecule has 0 unspecified atom stereocenters. The lowest BCUT2D eigenvalue weighted by Gasteiger charge is -2.32. The first-order valence-electron chi connectivity index (χ1n) is 13.7. The number of ether oxygens (including phenoxy) is 1. The summed E-state index contributed by atoms with van der Waals surface area (Å²) in [5.74, 6) is 7.49. The van der Waals surface area contributed by atoms with Crippen LogP contribution in [0.1, 0.15) is 65.9 Å². The van der Waals surface area contributed by atoms with Crippen LogP contribution >= 0.6 is 0 Å². The molecule has 2 aromatic heterocycles. The van der Waals surface area contributed by atoms with Crippen molar-refractivity contribution in [2.24, 2.45) is 11.8 Å². The van der Waals surface area contributed by atoms with E-state index < -0.39 is 23.7 Å². The molecule has 1 aliphatic rings. The van der Waals surface area contributed by atoms with Crippen molar-refractivity contribution in [2.75, 3.05) is 30.8 Å². The second kappa shape index (κ2) is 13.9. The predicted octanol–water partition coefficient (Wildman–Crippen LogP) is 4.72. The molecule has 0 radical (unpaired) electrons. The SMILES string of the molecule is CCCNc1nc(Nc2ccnc(F)c2)ncc1C#CC1CC(CCNC(=O)[C@H](C)N(C)C(=O)OC(C)(C)C)C1. The number of nitrogens with zero attached hydrogens (tertiary/aromatic N) is 4. The molecular formula is C29H40FN7O3. The van der Waals surface area contributed by atoms with Gasteiger partial charge >= 0.3 is 6.09 Å². The van der Waals surface area contributed by atoms with Crippen LogP contribution in [-0.4, -0.2) is 63.6 Å². The first kappa shape index (κ1) is 30.6. The van der Waals surface area contributed by atoms with Crippen LogP contribution < -0.4 is 16.0 Å². The Balaban J connectivity index is 1.47. The normalized spacial score (nSPS) is 17.0. The van der Waals surface area contributed by atoms with Gasteiger partial charge in [0, 0.05) is 44.0 Å². The van der Waals surface area contributed by atoms with Crippen LogP contribution in [0.5, 0.6) is 0 Å². The zero-order valence-corrected chi connectivity index (χ0v) is 24.2. The Kier molecular flexibility index (Phi) is 10.6. The molecule has 0 bridgehead atoms. The van der Waals surface area contributed by atoms with E-state index in [-0.39, 0.29) is 11.8 Å². The minimum absolute atomic E-state index is 0.205. The molecular weight excluding hydrogens is 513 g/mol. The molecule has 2 amide bonds. The third-order valence-corrected chi connectivity index (χ3v) is 6.45. The molecule has 3 N–H and O–H groups in total. The summed E-state index contributed by atoms with van der Waals surface area (Å²) < 4.78 is 18.7. The quantitative estimate of drug-likeness (QED) is 0.286. The number of nitrogens with one attached hydrogen (secondary N) is 3. The summed E-state index contributed by atoms with van der Waals surface area (Å²) in [7, 11) is 1.56. The van der Waals surface area contributed by atoms with E-state index in [1.807, 2.05) is 0 Å². The highest BCUT2D eigenvalue weighted by molar-refractivity contribution is 5.85. The van der Waals surface area contributed by atoms with Crippen molar-refractivity contribution < 1.29 is 18.7 Å². The van der Waals surface area contributed by atoms with Crippen LogP contribution in [0.2, 0.25) is 0 Å². The highest BCUT2D eigenvalue weighted by Gasteiger charge is 2.29. The zero-order chi connectivity index (χ0) is 29.3. The van der Waals surface area contributed by atoms with Gasteiger partial charge in [-0.05, 0) is 65.4 Å². The van der Waals surface area contributed by atoms with Gasteiger partial charge in [0.15, 0.2) is 0 Å². The maximum atomic E-state index is 13.4. The third kappa shape index (κ3) is 9.36. The van der Waals surface area contributed by atoms with Crippen molar-refractivity contribution in [1.29, 1.82) is 0 Å². The number of likely N-dealkylation sites (N-methyl/N-ethyl adjacent to an activating group) is 1. The van der Waals surface area contributed by atoms with Gasteiger partial charge in [-0.15, -0.1) is 0 Å². The first-order valence-corrected chi connectivity index (χ1v) is 13.7. The number of aromatic nitrogens is 3. The summed E-state index contributed by atoms with van der Waals surface area (Å²) in [5.41, 5.74) is 0.599. The molecule has 2 heterocycles. The summed E-state index contributed by atoms with van der Waals surface area (Å²) in [6.07, 6.45) is 6.22. The Bertz CT molecular complexity index is 1230. The molecule has 0 saturated heterocycles. The minimum atomic E-state index is -0.625. The lowest BCUT2D eigenvalue weighted by atomic mass is 9.73. The largest absolute Gasteiger partial charge is 0.444 e. The van der Waals surface area contributed by atoms with Gasteiger partial charge < -0.3 is 20.7 Å². The molecule has 1 aliphatic carbocycles. The van der Waals surface area contributed by atoms with Gasteiger partial charge in [-0.3, -0.25) is 9.69 Å². The second-order valence-electron chi connectivity index (χ2n) is 11.0. The fourth-order valence-corrected chi connectivity index (χ4v) is 4.01. The second-order valence-corrected chi connectivity index (χ2v) is 11.0. The number of hydrogen-bond acceptors (Lipinski definition) is 8. The van der Waals surface area contributed by atoms with E-state index in [2.05, 4.69) is 49.7 Å². The Morgan fingerprint density at radius 3 is 2.67 bits per heavy atom. The third-order valence-electron chi connectivity index (χ3n) is 6.45. The number of pyridine rings is 1. The van der Waals surface area contributed by atoms with Crippen LogP contribution in [0, 0.1) is 29.6 Å². The fraction of sp³-hybridized carbons (Fsp3) is 0.552. The van der Waals surface area contributed by atoms with Crippen molar-refractivity contribution in [3.05, 3.63) is 36.0 Å². The van der Waals surface area contributed by atoms with Crippen LogP contribution in [0.3, 0.4) is 0 Å². The highest BCUT2D eigenvalue weighted by Crippen LogP contribution is 2.35. The molecule has 1 fully saturated rings. The lowest BCUT2D eigenvalue weighted by Crippen LogP contribution is -2.47. The van der Waals surface area contributed by atoms with E-state index in [4.69, 9.17) is 4.74 Å². The summed E-state index contributed by atoms with van der Waals surface area (Å²) >= 11 is 0. The lowest BCUT2D eigenvalue weighted by molar-refractivity contribution is -0.125. The Labute approximate surface area is 235 Å². The van der Waals surface area contributed by atoms with Crippen molar-refractivity contribution in [3.63, 3.8) is 0 Å². The Hall–Kier alpha value is -3.94. The molecule has 1 saturated carbocycles. The maximum Gasteiger partial charge on any atom is 0.410 e. The number of rotatable bonds is 10. The number of amides is 2. The van der Waals surface area contributed by atoms with Crippen molar-refractivity contribution in [3.8, 4) is 11.8 Å². The number of carbonyl (C=O) groups excluding carboxylic acids is 2. The van der Waals surface area contributed by atoms with E-state index in [1.165, 1.54) is 17.2 Å². The van der Waals surface area contributed by atoms with Gasteiger partial charge in [-0.2, -0.15) is 9.37 Å². The van der Waals surface area contributed by atoms with E-state index in [0.717, 1.165) is 32.2 Å². The number of carbonyl (C=O) groups is 2. The van der Waals surface area contributed by atoms with E-state index >= 15 is 0 Å². The number of anilines is 3. The van der Waals surface area contributed by atoms with Crippen LogP contribution in [0.25, 0.3) is 0 Å². The van der Waals surface area contributed by atoms with Gasteiger partial charge in [0.25, 0.3) is 0 Å². The van der Waals surface area contributed by atoms with Gasteiger partial charge in [-0.1, -0.05) is 18.8 Å². The first-order chi connectivity index (χ1) is 18.9. The zero-order valence-electron chi connectivity index (χ0n) is 24.2. The Morgan fingerprint density at radius 2 is 2.00 bits per heavy atom. The van der Waals surface area contributed by atoms with Crippen molar-refractivity contribution in [1.82, 2.24) is 25.2 Å². The minimum Gasteiger partial charge on any atom is -0.444 e.